The summed E-state index contributed by atoms with van der Waals surface area (Å²) >= 11 is 12.2. The SMILES string of the molecule is OC(Cc1c(Cl)cncc1Cl)c1ccc(OF)c(OCC2CC2)c1. The largest absolute Gasteiger partial charge is 0.489 e. The molecule has 0 radical (unpaired) electrons. The first-order valence-electron chi connectivity index (χ1n) is 7.59. The summed E-state index contributed by atoms with van der Waals surface area (Å²) in [5, 5.41) is 11.2. The van der Waals surface area contributed by atoms with Crippen LogP contribution in [-0.4, -0.2) is 16.7 Å². The van der Waals surface area contributed by atoms with Crippen LogP contribution in [0.15, 0.2) is 30.6 Å². The van der Waals surface area contributed by atoms with Crippen molar-refractivity contribution in [1.29, 1.82) is 0 Å². The van der Waals surface area contributed by atoms with Gasteiger partial charge >= 0.3 is 0 Å². The Balaban J connectivity index is 1.78. The van der Waals surface area contributed by atoms with Crippen LogP contribution in [0.5, 0.6) is 11.5 Å². The molecule has 1 unspecified atom stereocenters. The Morgan fingerprint density at radius 2 is 1.92 bits per heavy atom. The van der Waals surface area contributed by atoms with Gasteiger partial charge in [0.15, 0.2) is 5.75 Å². The lowest BCUT2D eigenvalue weighted by molar-refractivity contribution is -0.00982. The fourth-order valence-electron chi connectivity index (χ4n) is 2.34. The summed E-state index contributed by atoms with van der Waals surface area (Å²) in [5.41, 5.74) is 1.16. The number of rotatable bonds is 7. The van der Waals surface area contributed by atoms with E-state index in [0.29, 0.717) is 33.7 Å². The average Bonchev–Trinajstić information content (AvgIpc) is 3.40. The van der Waals surface area contributed by atoms with Gasteiger partial charge in [-0.2, -0.15) is 0 Å². The molecule has 1 N–H and O–H groups in total. The molecule has 0 bridgehead atoms. The van der Waals surface area contributed by atoms with Gasteiger partial charge in [0.2, 0.25) is 5.75 Å². The Kier molecular flexibility index (Phi) is 5.43. The summed E-state index contributed by atoms with van der Waals surface area (Å²) in [6.45, 7) is 0.512. The fourth-order valence-corrected chi connectivity index (χ4v) is 2.86. The summed E-state index contributed by atoms with van der Waals surface area (Å²) in [6.07, 6.45) is 4.51. The van der Waals surface area contributed by atoms with Crippen LogP contribution in [0.4, 0.5) is 4.53 Å². The van der Waals surface area contributed by atoms with Crippen LogP contribution in [0.1, 0.15) is 30.1 Å². The van der Waals surface area contributed by atoms with E-state index in [0.717, 1.165) is 12.8 Å². The summed E-state index contributed by atoms with van der Waals surface area (Å²) in [7, 11) is 0. The maximum absolute atomic E-state index is 12.6. The Morgan fingerprint density at radius 1 is 1.21 bits per heavy atom. The predicted octanol–water partition coefficient (Wildman–Crippen LogP) is 4.72. The minimum Gasteiger partial charge on any atom is -0.489 e. The van der Waals surface area contributed by atoms with Crippen molar-refractivity contribution in [2.24, 2.45) is 5.92 Å². The molecule has 1 aromatic carbocycles. The van der Waals surface area contributed by atoms with E-state index >= 15 is 0 Å². The van der Waals surface area contributed by atoms with Crippen LogP contribution in [0.3, 0.4) is 0 Å². The molecule has 7 heteroatoms. The van der Waals surface area contributed by atoms with Crippen LogP contribution < -0.4 is 9.68 Å². The molecule has 1 saturated carbocycles. The molecule has 0 saturated heterocycles. The molecule has 1 heterocycles. The normalized spacial score (nSPS) is 15.2. The standard InChI is InChI=1S/C17H16Cl2FNO3/c18-13-7-21-8-14(19)12(13)6-15(22)11-3-4-16(24-20)17(5-11)23-9-10-1-2-10/h3-5,7-8,10,15,22H,1-2,6,9H2. The second-order valence-corrected chi connectivity index (χ2v) is 6.65. The van der Waals surface area contributed by atoms with Crippen molar-refractivity contribution in [3.63, 3.8) is 0 Å². The van der Waals surface area contributed by atoms with E-state index < -0.39 is 6.10 Å². The minimum atomic E-state index is -0.876. The highest BCUT2D eigenvalue weighted by atomic mass is 35.5. The van der Waals surface area contributed by atoms with Crippen molar-refractivity contribution in [3.8, 4) is 11.5 Å². The summed E-state index contributed by atoms with van der Waals surface area (Å²) in [5.74, 6) is 0.778. The number of hydrogen-bond acceptors (Lipinski definition) is 4. The molecular formula is C17H16Cl2FNO3. The summed E-state index contributed by atoms with van der Waals surface area (Å²) in [4.78, 5) is 7.72. The maximum Gasteiger partial charge on any atom is 0.213 e. The van der Waals surface area contributed by atoms with Crippen LogP contribution >= 0.6 is 23.2 Å². The van der Waals surface area contributed by atoms with Gasteiger partial charge in [-0.3, -0.25) is 9.93 Å². The Morgan fingerprint density at radius 3 is 2.54 bits per heavy atom. The molecule has 1 fully saturated rings. The van der Waals surface area contributed by atoms with Crippen molar-refractivity contribution in [3.05, 3.63) is 51.8 Å². The van der Waals surface area contributed by atoms with Crippen LogP contribution in [0.25, 0.3) is 0 Å². The van der Waals surface area contributed by atoms with Crippen molar-refractivity contribution in [2.45, 2.75) is 25.4 Å². The van der Waals surface area contributed by atoms with Crippen molar-refractivity contribution < 1.29 is 19.3 Å². The Bertz CT molecular complexity index is 705. The molecule has 2 aromatic rings. The van der Waals surface area contributed by atoms with Gasteiger partial charge < -0.3 is 9.84 Å². The molecule has 24 heavy (non-hydrogen) atoms. The molecular weight excluding hydrogens is 356 g/mol. The van der Waals surface area contributed by atoms with Crippen LogP contribution in [0.2, 0.25) is 10.0 Å². The highest BCUT2D eigenvalue weighted by molar-refractivity contribution is 6.35. The number of aromatic nitrogens is 1. The lowest BCUT2D eigenvalue weighted by Crippen LogP contribution is -2.05. The fraction of sp³-hybridized carbons (Fsp3) is 0.353. The van der Waals surface area contributed by atoms with Crippen molar-refractivity contribution in [2.75, 3.05) is 6.61 Å². The topological polar surface area (TPSA) is 51.6 Å². The second kappa shape index (κ2) is 7.55. The molecule has 128 valence electrons. The number of aliphatic hydroxyl groups excluding tert-OH is 1. The molecule has 0 aliphatic heterocycles. The van der Waals surface area contributed by atoms with Crippen molar-refractivity contribution >= 4 is 23.2 Å². The Hall–Kier alpha value is -1.56. The van der Waals surface area contributed by atoms with Gasteiger partial charge in [0, 0.05) is 23.3 Å². The maximum atomic E-state index is 12.6. The third-order valence-electron chi connectivity index (χ3n) is 3.96. The van der Waals surface area contributed by atoms with E-state index in [2.05, 4.69) is 9.93 Å². The van der Waals surface area contributed by atoms with E-state index in [1.54, 1.807) is 12.1 Å². The van der Waals surface area contributed by atoms with E-state index in [1.165, 1.54) is 18.5 Å². The molecule has 0 spiro atoms. The van der Waals surface area contributed by atoms with E-state index in [9.17, 15) is 9.63 Å². The molecule has 4 nitrogen and oxygen atoms in total. The first kappa shape index (κ1) is 17.3. The first-order chi connectivity index (χ1) is 11.6. The van der Waals surface area contributed by atoms with Gasteiger partial charge in [-0.05, 0) is 42.0 Å². The second-order valence-electron chi connectivity index (χ2n) is 5.84. The van der Waals surface area contributed by atoms with Gasteiger partial charge in [0.05, 0.1) is 22.8 Å². The highest BCUT2D eigenvalue weighted by Crippen LogP contribution is 2.36. The highest BCUT2D eigenvalue weighted by Gasteiger charge is 2.23. The lowest BCUT2D eigenvalue weighted by Gasteiger charge is -2.15. The first-order valence-corrected chi connectivity index (χ1v) is 8.35. The van der Waals surface area contributed by atoms with Gasteiger partial charge in [-0.25, -0.2) is 0 Å². The number of ether oxygens (including phenoxy) is 1. The number of hydrogen-bond donors (Lipinski definition) is 1. The quantitative estimate of drug-likeness (QED) is 0.764. The van der Waals surface area contributed by atoms with Crippen LogP contribution in [-0.2, 0) is 6.42 Å². The molecule has 0 amide bonds. The predicted molar refractivity (Wildman–Crippen MR) is 89.3 cm³/mol. The molecule has 1 aliphatic carbocycles. The van der Waals surface area contributed by atoms with Gasteiger partial charge in [-0.1, -0.05) is 29.3 Å². The zero-order chi connectivity index (χ0) is 17.1. The molecule has 1 atom stereocenters. The number of aliphatic hydroxyl groups is 1. The van der Waals surface area contributed by atoms with Gasteiger partial charge in [-0.15, -0.1) is 0 Å². The van der Waals surface area contributed by atoms with E-state index in [4.69, 9.17) is 27.9 Å². The van der Waals surface area contributed by atoms with Crippen molar-refractivity contribution in [1.82, 2.24) is 4.98 Å². The van der Waals surface area contributed by atoms with E-state index in [-0.39, 0.29) is 17.9 Å². The number of benzene rings is 1. The summed E-state index contributed by atoms with van der Waals surface area (Å²) in [6, 6.07) is 4.58. The summed E-state index contributed by atoms with van der Waals surface area (Å²) < 4.78 is 18.2. The third kappa shape index (κ3) is 4.09. The third-order valence-corrected chi connectivity index (χ3v) is 4.61. The van der Waals surface area contributed by atoms with Gasteiger partial charge in [0.1, 0.15) is 0 Å². The lowest BCUT2D eigenvalue weighted by atomic mass is 10.0. The minimum absolute atomic E-state index is 0.00780. The number of halogens is 3. The molecule has 3 rings (SSSR count). The van der Waals surface area contributed by atoms with Crippen LogP contribution in [0, 0.1) is 5.92 Å². The molecule has 1 aromatic heterocycles. The zero-order valence-electron chi connectivity index (χ0n) is 12.7. The number of pyridine rings is 1. The Labute approximate surface area is 149 Å². The smallest absolute Gasteiger partial charge is 0.213 e. The number of nitrogens with zero attached hydrogens (tertiary/aromatic N) is 1. The average molecular weight is 372 g/mol. The van der Waals surface area contributed by atoms with Gasteiger partial charge in [0.25, 0.3) is 0 Å². The zero-order valence-corrected chi connectivity index (χ0v) is 14.2. The molecule has 1 aliphatic rings. The monoisotopic (exact) mass is 371 g/mol. The van der Waals surface area contributed by atoms with E-state index in [1.807, 2.05) is 0 Å².